The summed E-state index contributed by atoms with van der Waals surface area (Å²) in [7, 11) is -1.37. The van der Waals surface area contributed by atoms with E-state index in [1.54, 1.807) is 0 Å². The predicted octanol–water partition coefficient (Wildman–Crippen LogP) is 1.52. The van der Waals surface area contributed by atoms with Crippen LogP contribution in [0, 0.1) is 11.5 Å². The molecule has 14 heavy (non-hydrogen) atoms. The lowest BCUT2D eigenvalue weighted by atomic mass is 10.4. The molecule has 0 saturated carbocycles. The van der Waals surface area contributed by atoms with Crippen LogP contribution in [-0.4, -0.2) is 24.3 Å². The first-order valence-electron chi connectivity index (χ1n) is 4.32. The molecule has 0 fully saturated rings. The smallest absolute Gasteiger partial charge is 0.204 e. The molecule has 0 aromatic carbocycles. The van der Waals surface area contributed by atoms with E-state index in [1.165, 1.54) is 12.4 Å². The molecule has 0 bridgehead atoms. The number of carbonyl (C=O) groups excluding carboxylic acids is 1. The van der Waals surface area contributed by atoms with Crippen LogP contribution >= 0.6 is 0 Å². The van der Waals surface area contributed by atoms with Gasteiger partial charge in [-0.2, -0.15) is 0 Å². The first-order chi connectivity index (χ1) is 6.51. The third-order valence-electron chi connectivity index (χ3n) is 1.36. The van der Waals surface area contributed by atoms with Gasteiger partial charge in [0.2, 0.25) is 5.82 Å². The molecule has 1 rings (SSSR count). The minimum absolute atomic E-state index is 0.476. The Morgan fingerprint density at radius 1 is 1.29 bits per heavy atom. The lowest BCUT2D eigenvalue weighted by Gasteiger charge is -2.02. The maximum absolute atomic E-state index is 10.3. The highest BCUT2D eigenvalue weighted by molar-refractivity contribution is 6.83. The first-order valence-corrected chi connectivity index (χ1v) is 7.82. The Hall–Kier alpha value is -1.47. The van der Waals surface area contributed by atoms with Crippen molar-refractivity contribution in [2.45, 2.75) is 19.6 Å². The van der Waals surface area contributed by atoms with Crippen LogP contribution in [0.1, 0.15) is 16.2 Å². The zero-order valence-corrected chi connectivity index (χ0v) is 9.53. The van der Waals surface area contributed by atoms with Crippen molar-refractivity contribution in [1.29, 1.82) is 0 Å². The lowest BCUT2D eigenvalue weighted by Crippen LogP contribution is -2.16. The summed E-state index contributed by atoms with van der Waals surface area (Å²) in [5.41, 5.74) is 3.63. The molecule has 1 aromatic heterocycles. The Morgan fingerprint density at radius 2 is 1.86 bits per heavy atom. The molecule has 0 aliphatic rings. The van der Waals surface area contributed by atoms with Crippen molar-refractivity contribution in [3.63, 3.8) is 0 Å². The summed E-state index contributed by atoms with van der Waals surface area (Å²) >= 11 is 0. The number of carbonyl (C=O) groups is 1. The second kappa shape index (κ2) is 4.16. The minimum atomic E-state index is -1.37. The number of rotatable bonds is 1. The molecule has 0 aliphatic heterocycles. The third kappa shape index (κ3) is 3.50. The molecular weight excluding hydrogens is 192 g/mol. The van der Waals surface area contributed by atoms with Crippen LogP contribution < -0.4 is 0 Å². The van der Waals surface area contributed by atoms with E-state index in [0.29, 0.717) is 11.4 Å². The number of nitrogens with zero attached hydrogens (tertiary/aromatic N) is 2. The Bertz CT molecular complexity index is 381. The number of hydrogen-bond acceptors (Lipinski definition) is 3. The molecule has 0 aliphatic carbocycles. The fourth-order valence-corrected chi connectivity index (χ4v) is 1.19. The van der Waals surface area contributed by atoms with Gasteiger partial charge in [-0.15, -0.1) is 5.54 Å². The molecule has 4 heteroatoms. The summed E-state index contributed by atoms with van der Waals surface area (Å²) in [5, 5.41) is 0. The van der Waals surface area contributed by atoms with Gasteiger partial charge in [-0.05, 0) is 5.92 Å². The van der Waals surface area contributed by atoms with E-state index in [-0.39, 0.29) is 0 Å². The number of hydrogen-bond donors (Lipinski definition) is 0. The van der Waals surface area contributed by atoms with Crippen molar-refractivity contribution in [2.24, 2.45) is 0 Å². The minimum Gasteiger partial charge on any atom is -0.298 e. The molecule has 1 aromatic rings. The van der Waals surface area contributed by atoms with Crippen molar-refractivity contribution < 1.29 is 4.79 Å². The van der Waals surface area contributed by atoms with E-state index >= 15 is 0 Å². The van der Waals surface area contributed by atoms with Crippen LogP contribution in [0.25, 0.3) is 0 Å². The fraction of sp³-hybridized carbons (Fsp3) is 0.300. The van der Waals surface area contributed by atoms with Gasteiger partial charge < -0.3 is 0 Å². The van der Waals surface area contributed by atoms with E-state index in [0.717, 1.165) is 6.29 Å². The maximum atomic E-state index is 10.3. The van der Waals surface area contributed by atoms with E-state index in [1.807, 2.05) is 0 Å². The second-order valence-electron chi connectivity index (χ2n) is 3.96. The van der Waals surface area contributed by atoms with Crippen LogP contribution in [0.3, 0.4) is 0 Å². The van der Waals surface area contributed by atoms with Crippen molar-refractivity contribution >= 4 is 14.4 Å². The van der Waals surface area contributed by atoms with E-state index in [2.05, 4.69) is 41.1 Å². The fourth-order valence-electron chi connectivity index (χ4n) is 0.707. The Balaban J connectivity index is 2.87. The Kier molecular flexibility index (Phi) is 3.15. The molecule has 0 saturated heterocycles. The zero-order valence-electron chi connectivity index (χ0n) is 8.53. The van der Waals surface area contributed by atoms with Gasteiger partial charge in [-0.25, -0.2) is 9.97 Å². The van der Waals surface area contributed by atoms with Gasteiger partial charge in [0, 0.05) is 12.4 Å². The number of aromatic nitrogens is 2. The van der Waals surface area contributed by atoms with Crippen LogP contribution in [0.2, 0.25) is 19.6 Å². The van der Waals surface area contributed by atoms with E-state index in [4.69, 9.17) is 0 Å². The molecule has 0 spiro atoms. The topological polar surface area (TPSA) is 42.9 Å². The summed E-state index contributed by atoms with van der Waals surface area (Å²) in [5.74, 6) is 3.39. The average molecular weight is 204 g/mol. The largest absolute Gasteiger partial charge is 0.298 e. The zero-order chi connectivity index (χ0) is 10.6. The highest BCUT2D eigenvalue weighted by Crippen LogP contribution is 1.97. The van der Waals surface area contributed by atoms with E-state index < -0.39 is 8.07 Å². The molecule has 72 valence electrons. The highest BCUT2D eigenvalue weighted by Gasteiger charge is 2.07. The Labute approximate surface area is 84.6 Å². The van der Waals surface area contributed by atoms with Gasteiger partial charge >= 0.3 is 0 Å². The maximum Gasteiger partial charge on any atom is 0.204 e. The summed E-state index contributed by atoms with van der Waals surface area (Å²) in [6, 6.07) is 0. The van der Waals surface area contributed by atoms with Gasteiger partial charge in [-0.1, -0.05) is 19.6 Å². The average Bonchev–Trinajstić information content (AvgIpc) is 2.14. The normalized spacial score (nSPS) is 10.2. The van der Waals surface area contributed by atoms with Gasteiger partial charge in [0.25, 0.3) is 0 Å². The molecule has 0 radical (unpaired) electrons. The van der Waals surface area contributed by atoms with Crippen molar-refractivity contribution in [2.75, 3.05) is 0 Å². The molecule has 1 heterocycles. The first kappa shape index (κ1) is 10.6. The van der Waals surface area contributed by atoms with Crippen LogP contribution in [0.4, 0.5) is 0 Å². The molecular formula is C10H12N2OSi. The third-order valence-corrected chi connectivity index (χ3v) is 2.23. The summed E-state index contributed by atoms with van der Waals surface area (Å²) in [6.45, 7) is 6.46. The van der Waals surface area contributed by atoms with Crippen LogP contribution in [0.15, 0.2) is 12.4 Å². The van der Waals surface area contributed by atoms with Gasteiger partial charge in [-0.3, -0.25) is 4.79 Å². The van der Waals surface area contributed by atoms with Crippen LogP contribution in [-0.2, 0) is 0 Å². The predicted molar refractivity (Wildman–Crippen MR) is 57.6 cm³/mol. The standard InChI is InChI=1S/C10H12N2OSi/c1-14(2,3)5-4-10-11-6-9(8-13)7-12-10/h6-8H,1-3H3. The monoisotopic (exact) mass is 204 g/mol. The molecule has 0 unspecified atom stereocenters. The van der Waals surface area contributed by atoms with Crippen LogP contribution in [0.5, 0.6) is 0 Å². The molecule has 0 N–H and O–H groups in total. The second-order valence-corrected chi connectivity index (χ2v) is 8.71. The molecule has 0 amide bonds. The summed E-state index contributed by atoms with van der Waals surface area (Å²) in [6.07, 6.45) is 3.68. The van der Waals surface area contributed by atoms with E-state index in [9.17, 15) is 4.79 Å². The van der Waals surface area contributed by atoms with Crippen molar-refractivity contribution in [3.8, 4) is 11.5 Å². The van der Waals surface area contributed by atoms with Gasteiger partial charge in [0.05, 0.1) is 5.56 Å². The quantitative estimate of drug-likeness (QED) is 0.396. The highest BCUT2D eigenvalue weighted by atomic mass is 28.3. The molecule has 0 atom stereocenters. The number of aldehydes is 1. The van der Waals surface area contributed by atoms with Gasteiger partial charge in [0.15, 0.2) is 6.29 Å². The van der Waals surface area contributed by atoms with Crippen molar-refractivity contribution in [1.82, 2.24) is 9.97 Å². The Morgan fingerprint density at radius 3 is 2.29 bits per heavy atom. The van der Waals surface area contributed by atoms with Crippen molar-refractivity contribution in [3.05, 3.63) is 23.8 Å². The molecule has 3 nitrogen and oxygen atoms in total. The summed E-state index contributed by atoms with van der Waals surface area (Å²) < 4.78 is 0. The lowest BCUT2D eigenvalue weighted by molar-refractivity contribution is 0.112. The SMILES string of the molecule is C[Si](C)(C)C#Cc1ncc(C=O)cn1. The van der Waals surface area contributed by atoms with Gasteiger partial charge in [0.1, 0.15) is 8.07 Å². The summed E-state index contributed by atoms with van der Waals surface area (Å²) in [4.78, 5) is 18.2.